The Balaban J connectivity index is 1.33. The summed E-state index contributed by atoms with van der Waals surface area (Å²) in [7, 11) is 0. The molecule has 0 aliphatic carbocycles. The molecule has 29 heavy (non-hydrogen) atoms. The van der Waals surface area contributed by atoms with Crippen LogP contribution in [-0.2, 0) is 22.6 Å². The molecule has 1 aliphatic heterocycles. The second-order valence-corrected chi connectivity index (χ2v) is 7.46. The van der Waals surface area contributed by atoms with E-state index in [1.54, 1.807) is 24.3 Å². The number of oxazole rings is 1. The van der Waals surface area contributed by atoms with Crippen molar-refractivity contribution < 1.29 is 14.0 Å². The number of benzene rings is 2. The van der Waals surface area contributed by atoms with Crippen LogP contribution in [0.25, 0.3) is 22.4 Å². The van der Waals surface area contributed by atoms with Crippen LogP contribution in [0.15, 0.2) is 57.1 Å². The van der Waals surface area contributed by atoms with Crippen molar-refractivity contribution in [2.75, 3.05) is 10.6 Å². The number of hydrogen-bond acceptors (Lipinski definition) is 6. The van der Waals surface area contributed by atoms with Gasteiger partial charge < -0.3 is 15.1 Å². The van der Waals surface area contributed by atoms with Crippen LogP contribution in [0.3, 0.4) is 0 Å². The summed E-state index contributed by atoms with van der Waals surface area (Å²) < 4.78 is 6.42. The van der Waals surface area contributed by atoms with E-state index in [-0.39, 0.29) is 18.4 Å². The average molecular weight is 406 g/mol. The zero-order valence-electron chi connectivity index (χ0n) is 15.0. The van der Waals surface area contributed by atoms with E-state index in [0.717, 1.165) is 16.8 Å². The van der Waals surface area contributed by atoms with Crippen molar-refractivity contribution in [1.82, 2.24) is 9.55 Å². The summed E-state index contributed by atoms with van der Waals surface area (Å²) in [6, 6.07) is 12.6. The highest BCUT2D eigenvalue weighted by atomic mass is 32.1. The largest absolute Gasteiger partial charge is 0.420 e. The van der Waals surface area contributed by atoms with E-state index >= 15 is 0 Å². The van der Waals surface area contributed by atoms with Crippen molar-refractivity contribution in [1.29, 1.82) is 0 Å². The summed E-state index contributed by atoms with van der Waals surface area (Å²) in [5, 5.41) is 7.78. The highest BCUT2D eigenvalue weighted by Gasteiger charge is 2.19. The summed E-state index contributed by atoms with van der Waals surface area (Å²) in [6.45, 7) is -0.169. The quantitative estimate of drug-likeness (QED) is 0.542. The first kappa shape index (κ1) is 17.4. The Morgan fingerprint density at radius 1 is 1.24 bits per heavy atom. The number of thiazole rings is 1. The second-order valence-electron chi connectivity index (χ2n) is 6.60. The molecule has 1 aliphatic rings. The summed E-state index contributed by atoms with van der Waals surface area (Å²) in [5.41, 5.74) is 4.32. The van der Waals surface area contributed by atoms with E-state index in [9.17, 15) is 14.4 Å². The van der Waals surface area contributed by atoms with Crippen LogP contribution < -0.4 is 16.4 Å². The first-order chi connectivity index (χ1) is 14.1. The molecule has 0 spiro atoms. The number of hydrogen-bond donors (Lipinski definition) is 2. The fourth-order valence-electron chi connectivity index (χ4n) is 3.32. The van der Waals surface area contributed by atoms with Gasteiger partial charge in [-0.05, 0) is 29.8 Å². The predicted octanol–water partition coefficient (Wildman–Crippen LogP) is 2.85. The lowest BCUT2D eigenvalue weighted by atomic mass is 10.1. The Kier molecular flexibility index (Phi) is 4.02. The highest BCUT2D eigenvalue weighted by molar-refractivity contribution is 7.14. The van der Waals surface area contributed by atoms with Gasteiger partial charge >= 0.3 is 5.76 Å². The number of carbonyl (C=O) groups is 2. The lowest BCUT2D eigenvalue weighted by Gasteiger charge is -2.03. The third kappa shape index (κ3) is 3.21. The molecule has 0 saturated heterocycles. The van der Waals surface area contributed by atoms with Crippen molar-refractivity contribution in [3.05, 3.63) is 64.0 Å². The SMILES string of the molecule is O=C(Cn1c(=O)oc2ccccc21)Nc1nc(-c2ccc3c(c2)CC(=O)N3)cs1. The van der Waals surface area contributed by atoms with E-state index in [0.29, 0.717) is 28.3 Å². The number of carbonyl (C=O) groups excluding carboxylic acids is 2. The summed E-state index contributed by atoms with van der Waals surface area (Å²) in [4.78, 5) is 40.4. The number of anilines is 2. The molecule has 4 aromatic rings. The molecule has 0 unspecified atom stereocenters. The molecule has 3 heterocycles. The van der Waals surface area contributed by atoms with Gasteiger partial charge in [0.2, 0.25) is 11.8 Å². The van der Waals surface area contributed by atoms with Crippen LogP contribution in [0.1, 0.15) is 5.56 Å². The van der Waals surface area contributed by atoms with Gasteiger partial charge in [-0.1, -0.05) is 18.2 Å². The van der Waals surface area contributed by atoms with Crippen LogP contribution in [0.2, 0.25) is 0 Å². The molecule has 2 amide bonds. The Morgan fingerprint density at radius 3 is 3.00 bits per heavy atom. The molecular weight excluding hydrogens is 392 g/mol. The lowest BCUT2D eigenvalue weighted by Crippen LogP contribution is -2.24. The van der Waals surface area contributed by atoms with Gasteiger partial charge in [0.1, 0.15) is 6.54 Å². The highest BCUT2D eigenvalue weighted by Crippen LogP contribution is 2.30. The minimum Gasteiger partial charge on any atom is -0.408 e. The number of rotatable bonds is 4. The fraction of sp³-hybridized carbons (Fsp3) is 0.100. The minimum atomic E-state index is -0.581. The molecule has 5 rings (SSSR count). The molecule has 0 atom stereocenters. The maximum atomic E-state index is 12.4. The van der Waals surface area contributed by atoms with Crippen LogP contribution in [0.5, 0.6) is 0 Å². The van der Waals surface area contributed by atoms with Crippen LogP contribution in [-0.4, -0.2) is 21.4 Å². The van der Waals surface area contributed by atoms with Gasteiger partial charge in [-0.2, -0.15) is 0 Å². The normalized spacial score (nSPS) is 12.8. The van der Waals surface area contributed by atoms with Gasteiger partial charge in [-0.3, -0.25) is 14.2 Å². The molecule has 2 aromatic carbocycles. The molecule has 0 radical (unpaired) electrons. The van der Waals surface area contributed by atoms with Gasteiger partial charge in [0.05, 0.1) is 17.6 Å². The second kappa shape index (κ2) is 6.71. The molecule has 8 nitrogen and oxygen atoms in total. The molecule has 2 N–H and O–H groups in total. The Labute approximate surface area is 167 Å². The first-order valence-electron chi connectivity index (χ1n) is 8.84. The fourth-order valence-corrected chi connectivity index (χ4v) is 4.05. The minimum absolute atomic E-state index is 0.0228. The van der Waals surface area contributed by atoms with Gasteiger partial charge in [0, 0.05) is 16.6 Å². The third-order valence-electron chi connectivity index (χ3n) is 4.65. The van der Waals surface area contributed by atoms with E-state index in [1.807, 2.05) is 23.6 Å². The Bertz CT molecular complexity index is 1330. The summed E-state index contributed by atoms with van der Waals surface area (Å²) >= 11 is 1.29. The molecular formula is C20H14N4O4S. The van der Waals surface area contributed by atoms with Gasteiger partial charge in [-0.15, -0.1) is 11.3 Å². The number of para-hydroxylation sites is 2. The molecule has 144 valence electrons. The van der Waals surface area contributed by atoms with E-state index in [1.165, 1.54) is 15.9 Å². The van der Waals surface area contributed by atoms with E-state index in [4.69, 9.17) is 4.42 Å². The van der Waals surface area contributed by atoms with Gasteiger partial charge in [-0.25, -0.2) is 9.78 Å². The summed E-state index contributed by atoms with van der Waals surface area (Å²) in [5.74, 6) is -0.976. The first-order valence-corrected chi connectivity index (χ1v) is 9.72. The number of nitrogens with one attached hydrogen (secondary N) is 2. The zero-order chi connectivity index (χ0) is 20.0. The Morgan fingerprint density at radius 2 is 2.10 bits per heavy atom. The number of aromatic nitrogens is 2. The van der Waals surface area contributed by atoms with E-state index < -0.39 is 5.76 Å². The monoisotopic (exact) mass is 406 g/mol. The average Bonchev–Trinajstić information content (AvgIpc) is 3.38. The maximum Gasteiger partial charge on any atom is 0.420 e. The lowest BCUT2D eigenvalue weighted by molar-refractivity contribution is -0.117. The molecule has 2 aromatic heterocycles. The van der Waals surface area contributed by atoms with E-state index in [2.05, 4.69) is 15.6 Å². The van der Waals surface area contributed by atoms with Crippen molar-refractivity contribution in [3.63, 3.8) is 0 Å². The standard InChI is InChI=1S/C20H14N4O4S/c25-17-8-12-7-11(5-6-13(12)21-17)14-10-29-19(22-14)23-18(26)9-24-15-3-1-2-4-16(15)28-20(24)27/h1-7,10H,8-9H2,(H,21,25)(H,22,23,26). The number of nitrogens with zero attached hydrogens (tertiary/aromatic N) is 2. The maximum absolute atomic E-state index is 12.4. The van der Waals surface area contributed by atoms with Crippen molar-refractivity contribution in [2.45, 2.75) is 13.0 Å². The predicted molar refractivity (Wildman–Crippen MR) is 109 cm³/mol. The summed E-state index contributed by atoms with van der Waals surface area (Å²) in [6.07, 6.45) is 0.352. The number of fused-ring (bicyclic) bond motifs is 2. The van der Waals surface area contributed by atoms with Gasteiger partial charge in [0.15, 0.2) is 10.7 Å². The smallest absolute Gasteiger partial charge is 0.408 e. The van der Waals surface area contributed by atoms with Crippen molar-refractivity contribution in [3.8, 4) is 11.3 Å². The number of amides is 2. The van der Waals surface area contributed by atoms with Crippen LogP contribution in [0, 0.1) is 0 Å². The van der Waals surface area contributed by atoms with Crippen LogP contribution in [0.4, 0.5) is 10.8 Å². The molecule has 0 bridgehead atoms. The topological polar surface area (TPSA) is 106 Å². The van der Waals surface area contributed by atoms with Gasteiger partial charge in [0.25, 0.3) is 0 Å². The molecule has 9 heteroatoms. The van der Waals surface area contributed by atoms with Crippen molar-refractivity contribution >= 4 is 45.1 Å². The zero-order valence-corrected chi connectivity index (χ0v) is 15.8. The van der Waals surface area contributed by atoms with Crippen molar-refractivity contribution in [2.24, 2.45) is 0 Å². The third-order valence-corrected chi connectivity index (χ3v) is 5.41. The Hall–Kier alpha value is -3.72. The van der Waals surface area contributed by atoms with Crippen LogP contribution >= 0.6 is 11.3 Å². The molecule has 0 fully saturated rings. The molecule has 0 saturated carbocycles.